The number of carbonyl (C=O) groups is 2. The molecule has 5 heteroatoms. The molecule has 0 spiro atoms. The molecule has 116 valence electrons. The Hall–Kier alpha value is -1.10. The van der Waals surface area contributed by atoms with Crippen molar-refractivity contribution in [2.75, 3.05) is 6.54 Å². The third kappa shape index (κ3) is 6.37. The molecule has 0 heterocycles. The van der Waals surface area contributed by atoms with Gasteiger partial charge in [0.05, 0.1) is 0 Å². The van der Waals surface area contributed by atoms with Crippen LogP contribution >= 0.6 is 0 Å². The molecule has 0 aromatic heterocycles. The number of hydrogen-bond acceptors (Lipinski definition) is 3. The van der Waals surface area contributed by atoms with Crippen molar-refractivity contribution in [1.29, 1.82) is 0 Å². The van der Waals surface area contributed by atoms with Gasteiger partial charge in [-0.25, -0.2) is 0 Å². The van der Waals surface area contributed by atoms with Gasteiger partial charge in [-0.3, -0.25) is 9.59 Å². The first-order valence-electron chi connectivity index (χ1n) is 7.85. The average Bonchev–Trinajstić information content (AvgIpc) is 2.44. The van der Waals surface area contributed by atoms with Gasteiger partial charge >= 0.3 is 0 Å². The van der Waals surface area contributed by atoms with Crippen LogP contribution in [0.15, 0.2) is 0 Å². The molecule has 1 atom stereocenters. The van der Waals surface area contributed by atoms with Crippen LogP contribution in [-0.2, 0) is 9.59 Å². The molecule has 1 aliphatic carbocycles. The number of hydrogen-bond donors (Lipinski definition) is 3. The SMILES string of the molecule is CCCNC(=O)C(C)NC(=O)CCC1CCC(N)CC1. The van der Waals surface area contributed by atoms with Gasteiger partial charge in [-0.1, -0.05) is 6.92 Å². The predicted molar refractivity (Wildman–Crippen MR) is 80.1 cm³/mol. The molecule has 0 aromatic carbocycles. The smallest absolute Gasteiger partial charge is 0.242 e. The molecule has 1 saturated carbocycles. The molecule has 20 heavy (non-hydrogen) atoms. The molecule has 1 unspecified atom stereocenters. The average molecular weight is 283 g/mol. The Kier molecular flexibility index (Phi) is 7.59. The van der Waals surface area contributed by atoms with Crippen LogP contribution in [0.5, 0.6) is 0 Å². The fourth-order valence-electron chi connectivity index (χ4n) is 2.59. The van der Waals surface area contributed by atoms with Gasteiger partial charge in [-0.15, -0.1) is 0 Å². The van der Waals surface area contributed by atoms with E-state index in [0.717, 1.165) is 38.5 Å². The molecule has 1 fully saturated rings. The van der Waals surface area contributed by atoms with Crippen molar-refractivity contribution in [2.45, 2.75) is 70.9 Å². The predicted octanol–water partition coefficient (Wildman–Crippen LogP) is 1.31. The number of amides is 2. The highest BCUT2D eigenvalue weighted by molar-refractivity contribution is 5.87. The van der Waals surface area contributed by atoms with Gasteiger partial charge in [0.25, 0.3) is 0 Å². The molecule has 5 nitrogen and oxygen atoms in total. The van der Waals surface area contributed by atoms with Gasteiger partial charge in [0, 0.05) is 19.0 Å². The largest absolute Gasteiger partial charge is 0.354 e. The van der Waals surface area contributed by atoms with Crippen LogP contribution in [0.1, 0.15) is 58.8 Å². The molecule has 2 amide bonds. The first-order chi connectivity index (χ1) is 9.52. The maximum Gasteiger partial charge on any atom is 0.242 e. The van der Waals surface area contributed by atoms with Crippen molar-refractivity contribution in [3.63, 3.8) is 0 Å². The number of carbonyl (C=O) groups excluding carboxylic acids is 2. The molecule has 0 radical (unpaired) electrons. The number of nitrogens with one attached hydrogen (secondary N) is 2. The number of nitrogens with two attached hydrogens (primary N) is 1. The van der Waals surface area contributed by atoms with E-state index in [0.29, 0.717) is 24.9 Å². The van der Waals surface area contributed by atoms with Gasteiger partial charge in [0.15, 0.2) is 0 Å². The molecule has 0 aliphatic heterocycles. The Balaban J connectivity index is 2.17. The highest BCUT2D eigenvalue weighted by Crippen LogP contribution is 2.26. The summed E-state index contributed by atoms with van der Waals surface area (Å²) in [7, 11) is 0. The summed E-state index contributed by atoms with van der Waals surface area (Å²) in [5.41, 5.74) is 5.87. The van der Waals surface area contributed by atoms with Crippen molar-refractivity contribution in [3.8, 4) is 0 Å². The zero-order valence-corrected chi connectivity index (χ0v) is 12.8. The Morgan fingerprint density at radius 2 is 1.90 bits per heavy atom. The summed E-state index contributed by atoms with van der Waals surface area (Å²) in [6, 6.07) is -0.101. The molecule has 0 aromatic rings. The maximum atomic E-state index is 11.8. The Bertz CT molecular complexity index is 312. The Morgan fingerprint density at radius 3 is 2.50 bits per heavy atom. The minimum absolute atomic E-state index is 0.0287. The zero-order chi connectivity index (χ0) is 15.0. The summed E-state index contributed by atoms with van der Waals surface area (Å²) in [5, 5.41) is 5.54. The fourth-order valence-corrected chi connectivity index (χ4v) is 2.59. The van der Waals surface area contributed by atoms with E-state index in [1.165, 1.54) is 0 Å². The van der Waals surface area contributed by atoms with Crippen LogP contribution in [0.3, 0.4) is 0 Å². The summed E-state index contributed by atoms with van der Waals surface area (Å²) in [4.78, 5) is 23.5. The van der Waals surface area contributed by atoms with Crippen LogP contribution in [0, 0.1) is 5.92 Å². The van der Waals surface area contributed by atoms with Gasteiger partial charge < -0.3 is 16.4 Å². The van der Waals surface area contributed by atoms with Crippen LogP contribution in [0.2, 0.25) is 0 Å². The first-order valence-corrected chi connectivity index (χ1v) is 7.85. The lowest BCUT2D eigenvalue weighted by Crippen LogP contribution is -2.45. The summed E-state index contributed by atoms with van der Waals surface area (Å²) in [6.45, 7) is 4.38. The minimum Gasteiger partial charge on any atom is -0.354 e. The molecule has 1 rings (SSSR count). The summed E-state index contributed by atoms with van der Waals surface area (Å²) in [5.74, 6) is 0.479. The van der Waals surface area contributed by atoms with Crippen molar-refractivity contribution in [3.05, 3.63) is 0 Å². The van der Waals surface area contributed by atoms with Crippen LogP contribution in [0.4, 0.5) is 0 Å². The van der Waals surface area contributed by atoms with Gasteiger partial charge in [-0.2, -0.15) is 0 Å². The molecule has 0 saturated heterocycles. The highest BCUT2D eigenvalue weighted by atomic mass is 16.2. The lowest BCUT2D eigenvalue weighted by Gasteiger charge is -2.25. The lowest BCUT2D eigenvalue weighted by molar-refractivity contribution is -0.128. The standard InChI is InChI=1S/C15H29N3O2/c1-3-10-17-15(20)11(2)18-14(19)9-6-12-4-7-13(16)8-5-12/h11-13H,3-10,16H2,1-2H3,(H,17,20)(H,18,19). The molecule has 0 bridgehead atoms. The van der Waals surface area contributed by atoms with Crippen molar-refractivity contribution >= 4 is 11.8 Å². The van der Waals surface area contributed by atoms with Crippen molar-refractivity contribution in [2.24, 2.45) is 11.7 Å². The third-order valence-corrected chi connectivity index (χ3v) is 3.99. The minimum atomic E-state index is -0.450. The van der Waals surface area contributed by atoms with E-state index >= 15 is 0 Å². The van der Waals surface area contributed by atoms with Gasteiger partial charge in [0.1, 0.15) is 6.04 Å². The molecular formula is C15H29N3O2. The summed E-state index contributed by atoms with van der Waals surface area (Å²) < 4.78 is 0. The van der Waals surface area contributed by atoms with E-state index in [4.69, 9.17) is 5.73 Å². The van der Waals surface area contributed by atoms with Crippen LogP contribution < -0.4 is 16.4 Å². The Morgan fingerprint density at radius 1 is 1.25 bits per heavy atom. The normalized spacial score (nSPS) is 23.9. The second kappa shape index (κ2) is 8.95. The second-order valence-corrected chi connectivity index (χ2v) is 5.90. The number of rotatable bonds is 7. The maximum absolute atomic E-state index is 11.8. The summed E-state index contributed by atoms with van der Waals surface area (Å²) in [6.07, 6.45) is 6.70. The van der Waals surface area contributed by atoms with Crippen molar-refractivity contribution in [1.82, 2.24) is 10.6 Å². The molecule has 4 N–H and O–H groups in total. The van der Waals surface area contributed by atoms with E-state index in [9.17, 15) is 9.59 Å². The second-order valence-electron chi connectivity index (χ2n) is 5.90. The quantitative estimate of drug-likeness (QED) is 0.659. The van der Waals surface area contributed by atoms with E-state index < -0.39 is 6.04 Å². The topological polar surface area (TPSA) is 84.2 Å². The monoisotopic (exact) mass is 283 g/mol. The van der Waals surface area contributed by atoms with E-state index in [1.807, 2.05) is 6.92 Å². The Labute approximate surface area is 122 Å². The van der Waals surface area contributed by atoms with Gasteiger partial charge in [0.2, 0.25) is 11.8 Å². The van der Waals surface area contributed by atoms with E-state index in [-0.39, 0.29) is 11.8 Å². The first kappa shape index (κ1) is 17.0. The van der Waals surface area contributed by atoms with Crippen molar-refractivity contribution < 1.29 is 9.59 Å². The lowest BCUT2D eigenvalue weighted by atomic mass is 9.84. The highest BCUT2D eigenvalue weighted by Gasteiger charge is 2.20. The van der Waals surface area contributed by atoms with Crippen LogP contribution in [0.25, 0.3) is 0 Å². The third-order valence-electron chi connectivity index (χ3n) is 3.99. The van der Waals surface area contributed by atoms with E-state index in [2.05, 4.69) is 10.6 Å². The van der Waals surface area contributed by atoms with Gasteiger partial charge in [-0.05, 0) is 51.4 Å². The van der Waals surface area contributed by atoms with E-state index in [1.54, 1.807) is 6.92 Å². The zero-order valence-electron chi connectivity index (χ0n) is 12.8. The fraction of sp³-hybridized carbons (Fsp3) is 0.867. The molecular weight excluding hydrogens is 254 g/mol. The van der Waals surface area contributed by atoms with Crippen LogP contribution in [-0.4, -0.2) is 30.4 Å². The molecule has 1 aliphatic rings. The summed E-state index contributed by atoms with van der Waals surface area (Å²) >= 11 is 0.